The Labute approximate surface area is 174 Å². The number of rotatable bonds is 5. The molecule has 0 unspecified atom stereocenters. The Morgan fingerprint density at radius 3 is 2.50 bits per heavy atom. The summed E-state index contributed by atoms with van der Waals surface area (Å²) in [6.45, 7) is 2.72. The summed E-state index contributed by atoms with van der Waals surface area (Å²) < 4.78 is 6.63. The van der Waals surface area contributed by atoms with E-state index in [4.69, 9.17) is 4.42 Å². The second-order valence-corrected chi connectivity index (χ2v) is 7.93. The van der Waals surface area contributed by atoms with Gasteiger partial charge in [0.15, 0.2) is 0 Å². The second-order valence-electron chi connectivity index (χ2n) is 6.09. The van der Waals surface area contributed by atoms with Gasteiger partial charge >= 0.3 is 0 Å². The number of thioether (sulfide) groups is 1. The fourth-order valence-corrected chi connectivity index (χ4v) is 3.73. The van der Waals surface area contributed by atoms with Crippen LogP contribution in [0.1, 0.15) is 0 Å². The molecule has 0 aliphatic carbocycles. The molecule has 2 aromatic heterocycles. The normalized spacial score (nSPS) is 14.3. The highest BCUT2D eigenvalue weighted by molar-refractivity contribution is 9.10. The van der Waals surface area contributed by atoms with E-state index in [1.165, 1.54) is 11.8 Å². The van der Waals surface area contributed by atoms with E-state index in [-0.39, 0.29) is 11.7 Å². The van der Waals surface area contributed by atoms with Gasteiger partial charge in [0.1, 0.15) is 0 Å². The molecular weight excluding hydrogens is 444 g/mol. The summed E-state index contributed by atoms with van der Waals surface area (Å²) >= 11 is 4.65. The van der Waals surface area contributed by atoms with Crippen molar-refractivity contribution in [2.45, 2.75) is 5.22 Å². The highest BCUT2D eigenvalue weighted by Gasteiger charge is 2.23. The molecule has 3 aromatic rings. The Kier molecular flexibility index (Phi) is 5.87. The quantitative estimate of drug-likeness (QED) is 0.536. The Morgan fingerprint density at radius 1 is 1.07 bits per heavy atom. The highest BCUT2D eigenvalue weighted by Crippen LogP contribution is 2.24. The Hall–Kier alpha value is -2.46. The predicted octanol–water partition coefficient (Wildman–Crippen LogP) is 2.73. The van der Waals surface area contributed by atoms with Crippen molar-refractivity contribution in [2.75, 3.05) is 36.8 Å². The van der Waals surface area contributed by atoms with Crippen LogP contribution in [0.5, 0.6) is 0 Å². The van der Waals surface area contributed by atoms with Crippen LogP contribution in [0.25, 0.3) is 11.5 Å². The number of nitrogens with zero attached hydrogens (tertiary/aromatic N) is 6. The number of piperazine rings is 1. The van der Waals surface area contributed by atoms with E-state index in [9.17, 15) is 4.79 Å². The lowest BCUT2D eigenvalue weighted by molar-refractivity contribution is -0.128. The number of halogens is 1. The Morgan fingerprint density at radius 2 is 1.79 bits per heavy atom. The maximum Gasteiger partial charge on any atom is 0.277 e. The second kappa shape index (κ2) is 8.70. The van der Waals surface area contributed by atoms with Gasteiger partial charge in [-0.15, -0.1) is 10.2 Å². The molecule has 0 atom stereocenters. The van der Waals surface area contributed by atoms with Crippen LogP contribution >= 0.6 is 27.7 Å². The Bertz CT molecular complexity index is 929. The molecule has 0 saturated carbocycles. The topological polar surface area (TPSA) is 88.3 Å². The largest absolute Gasteiger partial charge is 0.411 e. The number of carbonyl (C=O) groups excluding carboxylic acids is 1. The van der Waals surface area contributed by atoms with Crippen LogP contribution in [0, 0.1) is 0 Å². The number of hydrogen-bond acceptors (Lipinski definition) is 8. The molecule has 144 valence electrons. The van der Waals surface area contributed by atoms with Gasteiger partial charge in [0, 0.05) is 48.6 Å². The molecule has 3 heterocycles. The summed E-state index contributed by atoms with van der Waals surface area (Å²) in [6.07, 6.45) is 3.45. The SMILES string of the molecule is O=C(CSc1nnc(-c2ccc(Br)cc2)o1)N1CCN(c2ncccn2)CC1. The monoisotopic (exact) mass is 460 g/mol. The van der Waals surface area contributed by atoms with E-state index in [2.05, 4.69) is 41.0 Å². The van der Waals surface area contributed by atoms with Gasteiger partial charge in [-0.3, -0.25) is 4.79 Å². The lowest BCUT2D eigenvalue weighted by Crippen LogP contribution is -2.49. The molecule has 0 radical (unpaired) electrons. The van der Waals surface area contributed by atoms with Crippen molar-refractivity contribution in [3.05, 3.63) is 47.2 Å². The number of carbonyl (C=O) groups is 1. The van der Waals surface area contributed by atoms with E-state index in [1.807, 2.05) is 29.2 Å². The maximum absolute atomic E-state index is 12.5. The number of benzene rings is 1. The lowest BCUT2D eigenvalue weighted by Gasteiger charge is -2.34. The first kappa shape index (κ1) is 18.9. The van der Waals surface area contributed by atoms with Gasteiger partial charge in [0.05, 0.1) is 5.75 Å². The third kappa shape index (κ3) is 4.50. The highest BCUT2D eigenvalue weighted by atomic mass is 79.9. The summed E-state index contributed by atoms with van der Waals surface area (Å²) in [6, 6.07) is 9.41. The molecule has 1 saturated heterocycles. The molecule has 1 aromatic carbocycles. The zero-order valence-electron chi connectivity index (χ0n) is 14.9. The van der Waals surface area contributed by atoms with Gasteiger partial charge in [-0.2, -0.15) is 0 Å². The molecule has 1 fully saturated rings. The molecule has 8 nitrogen and oxygen atoms in total. The molecule has 0 N–H and O–H groups in total. The summed E-state index contributed by atoms with van der Waals surface area (Å²) in [4.78, 5) is 24.9. The van der Waals surface area contributed by atoms with Gasteiger partial charge in [-0.05, 0) is 30.3 Å². The molecule has 1 aliphatic heterocycles. The van der Waals surface area contributed by atoms with Crippen LogP contribution in [0.3, 0.4) is 0 Å². The fourth-order valence-electron chi connectivity index (χ4n) is 2.80. The van der Waals surface area contributed by atoms with Crippen LogP contribution < -0.4 is 4.90 Å². The third-order valence-corrected chi connectivity index (χ3v) is 5.62. The predicted molar refractivity (Wildman–Crippen MR) is 109 cm³/mol. The van der Waals surface area contributed by atoms with Gasteiger partial charge in [-0.25, -0.2) is 9.97 Å². The van der Waals surface area contributed by atoms with E-state index in [1.54, 1.807) is 18.5 Å². The molecule has 10 heteroatoms. The number of anilines is 1. The zero-order chi connectivity index (χ0) is 19.3. The average molecular weight is 461 g/mol. The lowest BCUT2D eigenvalue weighted by atomic mass is 10.2. The number of aromatic nitrogens is 4. The van der Waals surface area contributed by atoms with E-state index >= 15 is 0 Å². The minimum absolute atomic E-state index is 0.0574. The minimum atomic E-state index is 0.0574. The molecule has 1 aliphatic rings. The summed E-state index contributed by atoms with van der Waals surface area (Å²) in [5.74, 6) is 1.47. The van der Waals surface area contributed by atoms with Crippen LogP contribution in [-0.4, -0.2) is 62.9 Å². The van der Waals surface area contributed by atoms with E-state index in [0.29, 0.717) is 43.2 Å². The van der Waals surface area contributed by atoms with Crippen molar-refractivity contribution in [3.8, 4) is 11.5 Å². The van der Waals surface area contributed by atoms with Crippen molar-refractivity contribution in [2.24, 2.45) is 0 Å². The van der Waals surface area contributed by atoms with Crippen molar-refractivity contribution >= 4 is 39.5 Å². The zero-order valence-corrected chi connectivity index (χ0v) is 17.3. The van der Waals surface area contributed by atoms with E-state index < -0.39 is 0 Å². The van der Waals surface area contributed by atoms with Gasteiger partial charge in [0.2, 0.25) is 17.7 Å². The molecule has 28 heavy (non-hydrogen) atoms. The third-order valence-electron chi connectivity index (χ3n) is 4.28. The van der Waals surface area contributed by atoms with Gasteiger partial charge < -0.3 is 14.2 Å². The van der Waals surface area contributed by atoms with Gasteiger partial charge in [0.25, 0.3) is 5.22 Å². The molecule has 1 amide bonds. The molecule has 4 rings (SSSR count). The van der Waals surface area contributed by atoms with Gasteiger partial charge in [-0.1, -0.05) is 27.7 Å². The summed E-state index contributed by atoms with van der Waals surface area (Å²) in [7, 11) is 0. The number of hydrogen-bond donors (Lipinski definition) is 0. The van der Waals surface area contributed by atoms with Crippen LogP contribution in [0.15, 0.2) is 56.8 Å². The standard InChI is InChI=1S/C18H17BrN6O2S/c19-14-4-2-13(3-5-14)16-22-23-18(27-16)28-12-15(26)24-8-10-25(11-9-24)17-20-6-1-7-21-17/h1-7H,8-12H2. The van der Waals surface area contributed by atoms with Crippen molar-refractivity contribution < 1.29 is 9.21 Å². The Balaban J connectivity index is 1.28. The first-order valence-electron chi connectivity index (χ1n) is 8.71. The smallest absolute Gasteiger partial charge is 0.277 e. The minimum Gasteiger partial charge on any atom is -0.411 e. The molecular formula is C18H17BrN6O2S. The first-order valence-corrected chi connectivity index (χ1v) is 10.5. The molecule has 0 spiro atoms. The maximum atomic E-state index is 12.5. The first-order chi connectivity index (χ1) is 13.7. The van der Waals surface area contributed by atoms with E-state index in [0.717, 1.165) is 10.0 Å². The van der Waals surface area contributed by atoms with Crippen molar-refractivity contribution in [3.63, 3.8) is 0 Å². The van der Waals surface area contributed by atoms with Crippen molar-refractivity contribution in [1.82, 2.24) is 25.1 Å². The van der Waals surface area contributed by atoms with Crippen LogP contribution in [0.2, 0.25) is 0 Å². The summed E-state index contributed by atoms with van der Waals surface area (Å²) in [5.41, 5.74) is 0.841. The fraction of sp³-hybridized carbons (Fsp3) is 0.278. The van der Waals surface area contributed by atoms with Crippen LogP contribution in [-0.2, 0) is 4.79 Å². The summed E-state index contributed by atoms with van der Waals surface area (Å²) in [5, 5.41) is 8.47. The number of amides is 1. The average Bonchev–Trinajstić information content (AvgIpc) is 3.22. The van der Waals surface area contributed by atoms with Crippen molar-refractivity contribution in [1.29, 1.82) is 0 Å². The van der Waals surface area contributed by atoms with Crippen LogP contribution in [0.4, 0.5) is 5.95 Å². The molecule has 0 bridgehead atoms.